The summed E-state index contributed by atoms with van der Waals surface area (Å²) in [6.45, 7) is 2.26. The van der Waals surface area contributed by atoms with Gasteiger partial charge in [-0.1, -0.05) is 25.0 Å². The fourth-order valence-corrected chi connectivity index (χ4v) is 2.99. The van der Waals surface area contributed by atoms with E-state index in [0.29, 0.717) is 12.8 Å². The number of nitrogens with zero attached hydrogens (tertiary/aromatic N) is 2. The molecular formula is C20H29N3O3. The number of carbonyl (C=O) groups excluding carboxylic acids is 2. The minimum atomic E-state index is -0.175. The topological polar surface area (TPSA) is 71.0 Å². The molecule has 1 amide bonds. The van der Waals surface area contributed by atoms with Gasteiger partial charge in [0.25, 0.3) is 0 Å². The number of amides is 1. The van der Waals surface area contributed by atoms with Crippen LogP contribution in [0.2, 0.25) is 0 Å². The number of nitrogens with one attached hydrogen (secondary N) is 1. The number of esters is 1. The molecular weight excluding hydrogens is 330 g/mol. The number of carbonyl (C=O) groups is 2. The van der Waals surface area contributed by atoms with Crippen LogP contribution in [0.4, 0.5) is 5.69 Å². The highest BCUT2D eigenvalue weighted by Gasteiger charge is 2.11. The number of unbranched alkanes of at least 4 members (excludes halogenated alkanes) is 3. The van der Waals surface area contributed by atoms with Gasteiger partial charge >= 0.3 is 5.97 Å². The smallest absolute Gasteiger partial charge is 0.305 e. The van der Waals surface area contributed by atoms with Crippen LogP contribution in [0.25, 0.3) is 0 Å². The van der Waals surface area contributed by atoms with Crippen LogP contribution in [0.1, 0.15) is 56.9 Å². The van der Waals surface area contributed by atoms with Crippen LogP contribution in [0.5, 0.6) is 0 Å². The molecule has 1 fully saturated rings. The van der Waals surface area contributed by atoms with Gasteiger partial charge in [0.15, 0.2) is 0 Å². The van der Waals surface area contributed by atoms with E-state index in [-0.39, 0.29) is 11.9 Å². The molecule has 2 rings (SSSR count). The maximum Gasteiger partial charge on any atom is 0.305 e. The van der Waals surface area contributed by atoms with Crippen molar-refractivity contribution < 1.29 is 14.3 Å². The van der Waals surface area contributed by atoms with Gasteiger partial charge in [0, 0.05) is 31.6 Å². The average molecular weight is 359 g/mol. The van der Waals surface area contributed by atoms with Gasteiger partial charge in [-0.25, -0.2) is 5.43 Å². The first-order chi connectivity index (χ1) is 12.7. The number of hydrogen-bond acceptors (Lipinski definition) is 5. The highest BCUT2D eigenvalue weighted by atomic mass is 16.5. The van der Waals surface area contributed by atoms with E-state index < -0.39 is 0 Å². The van der Waals surface area contributed by atoms with Gasteiger partial charge in [-0.2, -0.15) is 5.10 Å². The van der Waals surface area contributed by atoms with Crippen LogP contribution in [-0.4, -0.2) is 38.3 Å². The summed E-state index contributed by atoms with van der Waals surface area (Å²) in [6, 6.07) is 8.24. The molecule has 0 aliphatic carbocycles. The number of benzene rings is 1. The van der Waals surface area contributed by atoms with Crippen molar-refractivity contribution in [2.45, 2.75) is 51.4 Å². The molecule has 0 saturated carbocycles. The zero-order valence-electron chi connectivity index (χ0n) is 15.6. The summed E-state index contributed by atoms with van der Waals surface area (Å²) in [6.07, 6.45) is 8.55. The Hall–Kier alpha value is -2.37. The van der Waals surface area contributed by atoms with E-state index in [1.165, 1.54) is 25.6 Å². The highest BCUT2D eigenvalue weighted by molar-refractivity contribution is 5.82. The molecule has 0 radical (unpaired) electrons. The first kappa shape index (κ1) is 19.9. The van der Waals surface area contributed by atoms with Crippen molar-refractivity contribution >= 4 is 23.8 Å². The Morgan fingerprint density at radius 2 is 1.73 bits per heavy atom. The third-order valence-electron chi connectivity index (χ3n) is 4.53. The molecule has 1 aromatic rings. The summed E-state index contributed by atoms with van der Waals surface area (Å²) in [7, 11) is 1.40. The predicted octanol–water partition coefficient (Wildman–Crippen LogP) is 3.25. The number of rotatable bonds is 10. The first-order valence-electron chi connectivity index (χ1n) is 9.43. The van der Waals surface area contributed by atoms with Crippen molar-refractivity contribution in [1.29, 1.82) is 0 Å². The number of anilines is 1. The summed E-state index contributed by atoms with van der Waals surface area (Å²) >= 11 is 0. The molecule has 1 aliphatic heterocycles. The van der Waals surface area contributed by atoms with Gasteiger partial charge in [-0.3, -0.25) is 9.59 Å². The minimum Gasteiger partial charge on any atom is -0.469 e. The third-order valence-corrected chi connectivity index (χ3v) is 4.53. The van der Waals surface area contributed by atoms with Crippen molar-refractivity contribution in [1.82, 2.24) is 5.43 Å². The Labute approximate surface area is 155 Å². The molecule has 1 saturated heterocycles. The summed E-state index contributed by atoms with van der Waals surface area (Å²) < 4.78 is 4.59. The highest BCUT2D eigenvalue weighted by Crippen LogP contribution is 2.19. The maximum atomic E-state index is 11.7. The van der Waals surface area contributed by atoms with Gasteiger partial charge in [0.1, 0.15) is 0 Å². The Balaban J connectivity index is 1.58. The SMILES string of the molecule is COC(=O)CCCCCCC(=O)N/N=C/c1ccc(N2CCCC2)cc1. The second-order valence-corrected chi connectivity index (χ2v) is 6.57. The molecule has 26 heavy (non-hydrogen) atoms. The zero-order chi connectivity index (χ0) is 18.6. The Morgan fingerprint density at radius 3 is 2.38 bits per heavy atom. The summed E-state index contributed by atoms with van der Waals surface area (Å²) in [5.41, 5.74) is 4.78. The zero-order valence-corrected chi connectivity index (χ0v) is 15.6. The normalized spacial score (nSPS) is 14.0. The maximum absolute atomic E-state index is 11.7. The molecule has 1 N–H and O–H groups in total. The van der Waals surface area contributed by atoms with E-state index in [9.17, 15) is 9.59 Å². The molecule has 6 heteroatoms. The number of ether oxygens (including phenoxy) is 1. The third kappa shape index (κ3) is 7.25. The predicted molar refractivity (Wildman–Crippen MR) is 103 cm³/mol. The number of hydrogen-bond donors (Lipinski definition) is 1. The Bertz CT molecular complexity index is 593. The van der Waals surface area contributed by atoms with Crippen LogP contribution in [0, 0.1) is 0 Å². The first-order valence-corrected chi connectivity index (χ1v) is 9.43. The number of methoxy groups -OCH3 is 1. The lowest BCUT2D eigenvalue weighted by atomic mass is 10.1. The molecule has 1 aliphatic rings. The summed E-state index contributed by atoms with van der Waals surface area (Å²) in [5.74, 6) is -0.256. The fraction of sp³-hybridized carbons (Fsp3) is 0.550. The van der Waals surface area contributed by atoms with Crippen molar-refractivity contribution in [3.8, 4) is 0 Å². The summed E-state index contributed by atoms with van der Waals surface area (Å²) in [4.78, 5) is 25.1. The Morgan fingerprint density at radius 1 is 1.08 bits per heavy atom. The molecule has 0 spiro atoms. The lowest BCUT2D eigenvalue weighted by Crippen LogP contribution is -2.17. The van der Waals surface area contributed by atoms with Gasteiger partial charge in [0.2, 0.25) is 5.91 Å². The standard InChI is InChI=1S/C20H29N3O3/c1-26-20(25)9-5-3-2-4-8-19(24)22-21-16-17-10-12-18(13-11-17)23-14-6-7-15-23/h10-13,16H,2-9,14-15H2,1H3,(H,22,24)/b21-16+. The van der Waals surface area contributed by atoms with Gasteiger partial charge in [0.05, 0.1) is 13.3 Å². The monoisotopic (exact) mass is 359 g/mol. The van der Waals surface area contributed by atoms with E-state index >= 15 is 0 Å². The summed E-state index contributed by atoms with van der Waals surface area (Å²) in [5, 5.41) is 4.02. The van der Waals surface area contributed by atoms with E-state index in [1.54, 1.807) is 6.21 Å². The van der Waals surface area contributed by atoms with Crippen molar-refractivity contribution in [2.75, 3.05) is 25.1 Å². The van der Waals surface area contributed by atoms with Gasteiger partial charge < -0.3 is 9.64 Å². The quantitative estimate of drug-likeness (QED) is 0.301. The van der Waals surface area contributed by atoms with E-state index in [2.05, 4.69) is 32.3 Å². The minimum absolute atomic E-state index is 0.0806. The lowest BCUT2D eigenvalue weighted by Gasteiger charge is -2.17. The van der Waals surface area contributed by atoms with Crippen molar-refractivity contribution in [3.05, 3.63) is 29.8 Å². The van der Waals surface area contributed by atoms with E-state index in [1.807, 2.05) is 12.1 Å². The molecule has 0 unspecified atom stereocenters. The second kappa shape index (κ2) is 11.3. The Kier molecular flexibility index (Phi) is 8.66. The molecule has 142 valence electrons. The molecule has 6 nitrogen and oxygen atoms in total. The molecule has 0 aromatic heterocycles. The van der Waals surface area contributed by atoms with Crippen LogP contribution in [-0.2, 0) is 14.3 Å². The molecule has 0 atom stereocenters. The van der Waals surface area contributed by atoms with Crippen molar-refractivity contribution in [3.63, 3.8) is 0 Å². The largest absolute Gasteiger partial charge is 0.469 e. The molecule has 1 aromatic carbocycles. The van der Waals surface area contributed by atoms with Crippen LogP contribution < -0.4 is 10.3 Å². The second-order valence-electron chi connectivity index (χ2n) is 6.57. The van der Waals surface area contributed by atoms with Crippen LogP contribution in [0.3, 0.4) is 0 Å². The number of hydrazone groups is 1. The van der Waals surface area contributed by atoms with Crippen LogP contribution >= 0.6 is 0 Å². The van der Waals surface area contributed by atoms with E-state index in [0.717, 1.165) is 44.3 Å². The molecule has 0 bridgehead atoms. The van der Waals surface area contributed by atoms with E-state index in [4.69, 9.17) is 0 Å². The lowest BCUT2D eigenvalue weighted by molar-refractivity contribution is -0.140. The van der Waals surface area contributed by atoms with Crippen LogP contribution in [0.15, 0.2) is 29.4 Å². The molecule has 1 heterocycles. The van der Waals surface area contributed by atoms with Gasteiger partial charge in [-0.05, 0) is 43.4 Å². The van der Waals surface area contributed by atoms with Gasteiger partial charge in [-0.15, -0.1) is 0 Å². The fourth-order valence-electron chi connectivity index (χ4n) is 2.99. The average Bonchev–Trinajstić information content (AvgIpc) is 3.19. The van der Waals surface area contributed by atoms with Crippen molar-refractivity contribution in [2.24, 2.45) is 5.10 Å².